The quantitative estimate of drug-likeness (QED) is 0.281. The Morgan fingerprint density at radius 3 is 2.71 bits per heavy atom. The van der Waals surface area contributed by atoms with Crippen molar-refractivity contribution in [2.24, 2.45) is 7.05 Å². The van der Waals surface area contributed by atoms with Crippen molar-refractivity contribution in [2.75, 3.05) is 44.9 Å². The summed E-state index contributed by atoms with van der Waals surface area (Å²) in [5.74, 6) is 0.753. The van der Waals surface area contributed by atoms with E-state index in [1.807, 2.05) is 61.1 Å². The number of likely N-dealkylation sites (N-methyl/N-ethyl adjacent to an activating group) is 1. The summed E-state index contributed by atoms with van der Waals surface area (Å²) < 4.78 is 7.55. The van der Waals surface area contributed by atoms with Crippen LogP contribution in [0, 0.1) is 10.1 Å². The lowest BCUT2D eigenvalue weighted by Crippen LogP contribution is -2.21. The molecule has 0 spiro atoms. The summed E-state index contributed by atoms with van der Waals surface area (Å²) in [6.07, 6.45) is 3.68. The third-order valence-corrected chi connectivity index (χ3v) is 5.46. The molecule has 0 unspecified atom stereocenters. The fraction of sp³-hybridized carbons (Fsp3) is 0.250. The predicted molar refractivity (Wildman–Crippen MR) is 134 cm³/mol. The molecule has 0 atom stereocenters. The maximum absolute atomic E-state index is 11.7. The van der Waals surface area contributed by atoms with Crippen molar-refractivity contribution in [1.82, 2.24) is 19.4 Å². The second-order valence-electron chi connectivity index (χ2n) is 8.12. The number of methoxy groups -OCH3 is 1. The molecular weight excluding hydrogens is 434 g/mol. The largest absolute Gasteiger partial charge is 0.494 e. The molecule has 10 heteroatoms. The minimum Gasteiger partial charge on any atom is -0.494 e. The first-order valence-corrected chi connectivity index (χ1v) is 10.8. The number of benzene rings is 2. The van der Waals surface area contributed by atoms with E-state index in [2.05, 4.69) is 26.7 Å². The van der Waals surface area contributed by atoms with E-state index < -0.39 is 4.92 Å². The van der Waals surface area contributed by atoms with Gasteiger partial charge in [0.05, 0.1) is 23.4 Å². The number of hydrogen-bond acceptors (Lipinski definition) is 8. The van der Waals surface area contributed by atoms with Crippen molar-refractivity contribution >= 4 is 33.9 Å². The lowest BCUT2D eigenvalue weighted by molar-refractivity contribution is -0.383. The molecule has 0 saturated carbocycles. The SMILES string of the molecule is COc1cc(NCCN(C)C)c([N+](=O)[O-])cc1Nc1nccc(-c2cn(C)c3ccccc23)n1. The zero-order valence-electron chi connectivity index (χ0n) is 19.6. The topological polar surface area (TPSA) is 110 Å². The van der Waals surface area contributed by atoms with Gasteiger partial charge in [0.25, 0.3) is 5.69 Å². The molecule has 2 aromatic heterocycles. The van der Waals surface area contributed by atoms with Crippen LogP contribution >= 0.6 is 0 Å². The zero-order valence-corrected chi connectivity index (χ0v) is 19.6. The molecular formula is C24H27N7O3. The van der Waals surface area contributed by atoms with Crippen LogP contribution in [0.2, 0.25) is 0 Å². The summed E-state index contributed by atoms with van der Waals surface area (Å²) in [4.78, 5) is 22.3. The van der Waals surface area contributed by atoms with E-state index in [1.54, 1.807) is 12.3 Å². The van der Waals surface area contributed by atoms with Crippen molar-refractivity contribution in [3.63, 3.8) is 0 Å². The summed E-state index contributed by atoms with van der Waals surface area (Å²) in [5.41, 5.74) is 3.54. The van der Waals surface area contributed by atoms with Crippen LogP contribution in [0.15, 0.2) is 54.9 Å². The Bertz CT molecular complexity index is 1330. The number of ether oxygens (including phenoxy) is 1. The number of nitrogens with zero attached hydrogens (tertiary/aromatic N) is 5. The Labute approximate surface area is 197 Å². The molecule has 0 aliphatic rings. The number of para-hydroxylation sites is 1. The van der Waals surface area contributed by atoms with Gasteiger partial charge in [0, 0.05) is 61.1 Å². The smallest absolute Gasteiger partial charge is 0.294 e. The van der Waals surface area contributed by atoms with Gasteiger partial charge in [0.15, 0.2) is 0 Å². The third-order valence-electron chi connectivity index (χ3n) is 5.46. The number of rotatable bonds is 9. The van der Waals surface area contributed by atoms with Crippen LogP contribution in [-0.4, -0.2) is 58.7 Å². The molecule has 176 valence electrons. The highest BCUT2D eigenvalue weighted by Gasteiger charge is 2.20. The van der Waals surface area contributed by atoms with Crippen molar-refractivity contribution in [1.29, 1.82) is 0 Å². The van der Waals surface area contributed by atoms with Crippen LogP contribution in [0.25, 0.3) is 22.2 Å². The highest BCUT2D eigenvalue weighted by molar-refractivity contribution is 5.95. The van der Waals surface area contributed by atoms with Crippen LogP contribution in [0.5, 0.6) is 5.75 Å². The van der Waals surface area contributed by atoms with Crippen molar-refractivity contribution in [3.05, 3.63) is 65.0 Å². The molecule has 34 heavy (non-hydrogen) atoms. The fourth-order valence-corrected chi connectivity index (χ4v) is 3.78. The highest BCUT2D eigenvalue weighted by atomic mass is 16.6. The molecule has 4 rings (SSSR count). The van der Waals surface area contributed by atoms with Crippen molar-refractivity contribution in [2.45, 2.75) is 0 Å². The summed E-state index contributed by atoms with van der Waals surface area (Å²) in [7, 11) is 7.39. The Kier molecular flexibility index (Phi) is 6.60. The maximum atomic E-state index is 11.7. The van der Waals surface area contributed by atoms with E-state index in [0.717, 1.165) is 28.7 Å². The molecule has 2 heterocycles. The predicted octanol–water partition coefficient (Wildman–Crippen LogP) is 4.27. The molecule has 0 fully saturated rings. The summed E-state index contributed by atoms with van der Waals surface area (Å²) >= 11 is 0. The number of aryl methyl sites for hydroxylation is 1. The second kappa shape index (κ2) is 9.75. The fourth-order valence-electron chi connectivity index (χ4n) is 3.78. The Hall–Kier alpha value is -4.18. The molecule has 2 aromatic carbocycles. The molecule has 0 aliphatic heterocycles. The zero-order chi connectivity index (χ0) is 24.2. The first-order chi connectivity index (χ1) is 16.4. The van der Waals surface area contributed by atoms with E-state index in [4.69, 9.17) is 4.74 Å². The van der Waals surface area contributed by atoms with Gasteiger partial charge in [0.1, 0.15) is 11.4 Å². The first-order valence-electron chi connectivity index (χ1n) is 10.8. The molecule has 0 aliphatic carbocycles. The highest BCUT2D eigenvalue weighted by Crippen LogP contribution is 2.37. The molecule has 10 nitrogen and oxygen atoms in total. The molecule has 0 amide bonds. The number of nitro benzene ring substituents is 1. The number of hydrogen-bond donors (Lipinski definition) is 2. The molecule has 0 saturated heterocycles. The van der Waals surface area contributed by atoms with Gasteiger partial charge in [-0.05, 0) is 26.2 Å². The molecule has 4 aromatic rings. The first kappa shape index (κ1) is 23.0. The molecule has 0 radical (unpaired) electrons. The lowest BCUT2D eigenvalue weighted by Gasteiger charge is -2.15. The number of aromatic nitrogens is 3. The van der Waals surface area contributed by atoms with E-state index in [1.165, 1.54) is 13.2 Å². The van der Waals surface area contributed by atoms with Gasteiger partial charge in [-0.15, -0.1) is 0 Å². The summed E-state index contributed by atoms with van der Waals surface area (Å²) in [6.45, 7) is 1.29. The van der Waals surface area contributed by atoms with Gasteiger partial charge >= 0.3 is 0 Å². The minimum absolute atomic E-state index is 0.0627. The van der Waals surface area contributed by atoms with Crippen molar-refractivity contribution < 1.29 is 9.66 Å². The normalized spacial score (nSPS) is 11.1. The van der Waals surface area contributed by atoms with Crippen LogP contribution in [0.1, 0.15) is 0 Å². The number of anilines is 3. The lowest BCUT2D eigenvalue weighted by atomic mass is 10.1. The Morgan fingerprint density at radius 2 is 1.97 bits per heavy atom. The average molecular weight is 462 g/mol. The maximum Gasteiger partial charge on any atom is 0.294 e. The van der Waals surface area contributed by atoms with Crippen LogP contribution in [0.3, 0.4) is 0 Å². The Morgan fingerprint density at radius 1 is 1.18 bits per heavy atom. The number of nitrogens with one attached hydrogen (secondary N) is 2. The van der Waals surface area contributed by atoms with Crippen LogP contribution in [-0.2, 0) is 7.05 Å². The molecule has 0 bridgehead atoms. The Balaban J connectivity index is 1.67. The summed E-state index contributed by atoms with van der Waals surface area (Å²) in [5, 5.41) is 19.0. The van der Waals surface area contributed by atoms with Gasteiger partial charge in [-0.25, -0.2) is 9.97 Å². The average Bonchev–Trinajstić information content (AvgIpc) is 3.16. The standard InChI is InChI=1S/C24H27N7O3/c1-29(2)12-11-25-19-14-23(34-4)20(13-22(19)31(32)33)28-24-26-10-9-18(27-24)17-15-30(3)21-8-6-5-7-16(17)21/h5-10,13-15,25H,11-12H2,1-4H3,(H,26,27,28). The van der Waals surface area contributed by atoms with E-state index in [0.29, 0.717) is 29.6 Å². The van der Waals surface area contributed by atoms with Gasteiger partial charge in [-0.2, -0.15) is 0 Å². The third kappa shape index (κ3) is 4.76. The van der Waals surface area contributed by atoms with Gasteiger partial charge < -0.3 is 24.8 Å². The molecule has 2 N–H and O–H groups in total. The summed E-state index contributed by atoms with van der Waals surface area (Å²) in [6, 6.07) is 13.0. The van der Waals surface area contributed by atoms with Gasteiger partial charge in [0.2, 0.25) is 5.95 Å². The number of fused-ring (bicyclic) bond motifs is 1. The van der Waals surface area contributed by atoms with E-state index in [9.17, 15) is 10.1 Å². The van der Waals surface area contributed by atoms with E-state index in [-0.39, 0.29) is 5.69 Å². The monoisotopic (exact) mass is 461 g/mol. The van der Waals surface area contributed by atoms with E-state index >= 15 is 0 Å². The number of nitro groups is 1. The van der Waals surface area contributed by atoms with Crippen LogP contribution in [0.4, 0.5) is 23.0 Å². The van der Waals surface area contributed by atoms with Crippen molar-refractivity contribution in [3.8, 4) is 17.0 Å². The minimum atomic E-state index is -0.421. The van der Waals surface area contributed by atoms with Gasteiger partial charge in [-0.1, -0.05) is 18.2 Å². The van der Waals surface area contributed by atoms with Crippen LogP contribution < -0.4 is 15.4 Å². The van der Waals surface area contributed by atoms with Gasteiger partial charge in [-0.3, -0.25) is 10.1 Å². The second-order valence-corrected chi connectivity index (χ2v) is 8.12.